The van der Waals surface area contributed by atoms with E-state index in [2.05, 4.69) is 28.7 Å². The standard InChI is InChI=1S/C21H31N3O/c1-3-6-19-17-11-16-13-23(19)20-9-4-8-18(16)24(20)21(17)15-7-5-10-22(12-15)14(2)25/h3,12,16-21H,1,4-11,13H2,2H3/t16-,17+,18+,19-,20+,21-/m0/s1. The molecule has 2 unspecified atom stereocenters. The van der Waals surface area contributed by atoms with Gasteiger partial charge < -0.3 is 4.90 Å². The summed E-state index contributed by atoms with van der Waals surface area (Å²) in [6.45, 7) is 7.97. The molecule has 0 aromatic rings. The zero-order valence-electron chi connectivity index (χ0n) is 15.4. The molecule has 25 heavy (non-hydrogen) atoms. The van der Waals surface area contributed by atoms with Crippen LogP contribution in [-0.4, -0.2) is 58.0 Å². The molecule has 0 N–H and O–H groups in total. The van der Waals surface area contributed by atoms with Crippen molar-refractivity contribution in [2.75, 3.05) is 13.1 Å². The number of amides is 1. The van der Waals surface area contributed by atoms with Crippen LogP contribution < -0.4 is 0 Å². The number of hydrogen-bond donors (Lipinski definition) is 0. The van der Waals surface area contributed by atoms with Crippen molar-refractivity contribution in [2.45, 2.75) is 76.2 Å². The Kier molecular flexibility index (Phi) is 3.83. The Bertz CT molecular complexity index is 614. The van der Waals surface area contributed by atoms with Crippen LogP contribution in [0.1, 0.15) is 51.9 Å². The van der Waals surface area contributed by atoms with E-state index in [-0.39, 0.29) is 5.91 Å². The normalized spacial score (nSPS) is 47.6. The summed E-state index contributed by atoms with van der Waals surface area (Å²) < 4.78 is 0. The van der Waals surface area contributed by atoms with Gasteiger partial charge in [0, 0.05) is 44.3 Å². The van der Waals surface area contributed by atoms with Crippen molar-refractivity contribution in [3.63, 3.8) is 0 Å². The van der Waals surface area contributed by atoms with Gasteiger partial charge in [0.1, 0.15) is 0 Å². The summed E-state index contributed by atoms with van der Waals surface area (Å²) in [6, 6.07) is 2.01. The van der Waals surface area contributed by atoms with Crippen molar-refractivity contribution < 1.29 is 4.79 Å². The molecule has 0 spiro atoms. The molecule has 6 aliphatic rings. The number of carbonyl (C=O) groups excluding carboxylic acids is 1. The van der Waals surface area contributed by atoms with Crippen molar-refractivity contribution in [1.82, 2.24) is 14.7 Å². The fourth-order valence-electron chi connectivity index (χ4n) is 6.85. The van der Waals surface area contributed by atoms with Crippen LogP contribution in [0.5, 0.6) is 0 Å². The molecule has 6 aliphatic heterocycles. The fraction of sp³-hybridized carbons (Fsp3) is 0.762. The highest BCUT2D eigenvalue weighted by atomic mass is 16.2. The molecule has 8 atom stereocenters. The molecule has 0 aliphatic carbocycles. The zero-order valence-corrected chi connectivity index (χ0v) is 15.4. The molecular formula is C21H31N3O. The van der Waals surface area contributed by atoms with Gasteiger partial charge in [-0.15, -0.1) is 6.58 Å². The summed E-state index contributed by atoms with van der Waals surface area (Å²) in [5.74, 6) is 1.79. The third-order valence-electron chi connectivity index (χ3n) is 7.66. The van der Waals surface area contributed by atoms with Crippen molar-refractivity contribution in [3.8, 4) is 0 Å². The first-order valence-corrected chi connectivity index (χ1v) is 10.3. The second-order valence-electron chi connectivity index (χ2n) is 8.84. The topological polar surface area (TPSA) is 26.8 Å². The highest BCUT2D eigenvalue weighted by Crippen LogP contribution is 2.54. The van der Waals surface area contributed by atoms with E-state index in [0.29, 0.717) is 18.2 Å². The first-order valence-electron chi connectivity index (χ1n) is 10.3. The second-order valence-corrected chi connectivity index (χ2v) is 8.84. The number of nitrogens with zero attached hydrogens (tertiary/aromatic N) is 3. The molecule has 0 aromatic carbocycles. The van der Waals surface area contributed by atoms with Gasteiger partial charge in [-0.2, -0.15) is 0 Å². The van der Waals surface area contributed by atoms with Crippen molar-refractivity contribution in [1.29, 1.82) is 0 Å². The lowest BCUT2D eigenvalue weighted by Gasteiger charge is -2.70. The minimum Gasteiger partial charge on any atom is -0.319 e. The summed E-state index contributed by atoms with van der Waals surface area (Å²) in [5, 5.41) is 0. The van der Waals surface area contributed by atoms with Gasteiger partial charge in [-0.3, -0.25) is 14.6 Å². The number of piperidine rings is 3. The molecule has 0 aromatic heterocycles. The SMILES string of the molecule is C=CC[C@H]1[C@H]2C[C@H]3CN1[C@H]1CCC[C@H]3N1[C@H]2C1=CN(C(C)=O)CCC1. The van der Waals surface area contributed by atoms with Crippen LogP contribution in [0.15, 0.2) is 24.4 Å². The van der Waals surface area contributed by atoms with Crippen LogP contribution in [-0.2, 0) is 4.79 Å². The van der Waals surface area contributed by atoms with Crippen LogP contribution in [0.25, 0.3) is 0 Å². The van der Waals surface area contributed by atoms with Crippen LogP contribution in [0.3, 0.4) is 0 Å². The molecular weight excluding hydrogens is 310 g/mol. The van der Waals surface area contributed by atoms with Gasteiger partial charge in [0.2, 0.25) is 5.91 Å². The maximum Gasteiger partial charge on any atom is 0.223 e. The van der Waals surface area contributed by atoms with E-state index in [1.165, 1.54) is 44.2 Å². The van der Waals surface area contributed by atoms with Gasteiger partial charge >= 0.3 is 0 Å². The lowest BCUT2D eigenvalue weighted by atomic mass is 9.62. The third-order valence-corrected chi connectivity index (χ3v) is 7.66. The van der Waals surface area contributed by atoms with Crippen molar-refractivity contribution >= 4 is 5.91 Å². The molecule has 5 fully saturated rings. The Balaban J connectivity index is 1.54. The summed E-state index contributed by atoms with van der Waals surface area (Å²) in [7, 11) is 0. The average Bonchev–Trinajstić information content (AvgIpc) is 2.62. The lowest BCUT2D eigenvalue weighted by molar-refractivity contribution is -0.224. The number of rotatable bonds is 3. The number of hydrogen-bond acceptors (Lipinski definition) is 3. The van der Waals surface area contributed by atoms with E-state index in [0.717, 1.165) is 37.3 Å². The van der Waals surface area contributed by atoms with Crippen molar-refractivity contribution in [3.05, 3.63) is 24.4 Å². The summed E-state index contributed by atoms with van der Waals surface area (Å²) in [4.78, 5) is 19.6. The zero-order chi connectivity index (χ0) is 17.1. The third kappa shape index (κ3) is 2.30. The minimum atomic E-state index is 0.197. The van der Waals surface area contributed by atoms with Gasteiger partial charge in [-0.05, 0) is 62.4 Å². The highest BCUT2D eigenvalue weighted by Gasteiger charge is 2.60. The monoisotopic (exact) mass is 341 g/mol. The minimum absolute atomic E-state index is 0.197. The van der Waals surface area contributed by atoms with Crippen LogP contribution in [0.4, 0.5) is 0 Å². The molecule has 1 amide bonds. The Morgan fingerprint density at radius 1 is 1.36 bits per heavy atom. The maximum atomic E-state index is 11.9. The lowest BCUT2D eigenvalue weighted by Crippen LogP contribution is -2.79. The van der Waals surface area contributed by atoms with Gasteiger partial charge in [0.25, 0.3) is 0 Å². The van der Waals surface area contributed by atoms with Crippen LogP contribution in [0.2, 0.25) is 0 Å². The summed E-state index contributed by atoms with van der Waals surface area (Å²) >= 11 is 0. The van der Waals surface area contributed by atoms with Crippen LogP contribution in [0, 0.1) is 11.8 Å². The Morgan fingerprint density at radius 2 is 2.24 bits per heavy atom. The van der Waals surface area contributed by atoms with E-state index in [1.807, 2.05) is 4.90 Å². The van der Waals surface area contributed by atoms with Gasteiger partial charge in [-0.1, -0.05) is 6.08 Å². The highest BCUT2D eigenvalue weighted by molar-refractivity contribution is 5.74. The molecule has 6 heterocycles. The molecule has 4 nitrogen and oxygen atoms in total. The largest absolute Gasteiger partial charge is 0.319 e. The van der Waals surface area contributed by atoms with E-state index in [9.17, 15) is 4.79 Å². The Hall–Kier alpha value is -1.13. The van der Waals surface area contributed by atoms with E-state index < -0.39 is 0 Å². The summed E-state index contributed by atoms with van der Waals surface area (Å²) in [5.41, 5.74) is 1.54. The van der Waals surface area contributed by atoms with Gasteiger partial charge in [-0.25, -0.2) is 0 Å². The van der Waals surface area contributed by atoms with Crippen molar-refractivity contribution in [2.24, 2.45) is 11.8 Å². The van der Waals surface area contributed by atoms with E-state index >= 15 is 0 Å². The summed E-state index contributed by atoms with van der Waals surface area (Å²) in [6.07, 6.45) is 13.9. The predicted octanol–water partition coefficient (Wildman–Crippen LogP) is 2.97. The fourth-order valence-corrected chi connectivity index (χ4v) is 6.85. The van der Waals surface area contributed by atoms with Crippen LogP contribution >= 0.6 is 0 Å². The number of carbonyl (C=O) groups is 1. The molecule has 0 saturated carbocycles. The Labute approximate surface area is 151 Å². The Morgan fingerprint density at radius 3 is 3.04 bits per heavy atom. The molecule has 0 radical (unpaired) electrons. The molecule has 4 heteroatoms. The quantitative estimate of drug-likeness (QED) is 0.739. The maximum absolute atomic E-state index is 11.9. The van der Waals surface area contributed by atoms with E-state index in [4.69, 9.17) is 0 Å². The molecule has 6 rings (SSSR count). The van der Waals surface area contributed by atoms with E-state index in [1.54, 1.807) is 6.92 Å². The molecule has 6 bridgehead atoms. The second kappa shape index (κ2) is 5.95. The molecule has 5 saturated heterocycles. The smallest absolute Gasteiger partial charge is 0.223 e. The van der Waals surface area contributed by atoms with Gasteiger partial charge in [0.15, 0.2) is 0 Å². The molecule has 136 valence electrons. The average molecular weight is 341 g/mol. The first kappa shape index (κ1) is 16.1. The first-order chi connectivity index (χ1) is 12.2. The van der Waals surface area contributed by atoms with Gasteiger partial charge in [0.05, 0.1) is 6.17 Å². The predicted molar refractivity (Wildman–Crippen MR) is 98.7 cm³/mol.